The number of carboxylic acids is 1. The van der Waals surface area contributed by atoms with Crippen LogP contribution in [0.15, 0.2) is 24.3 Å². The van der Waals surface area contributed by atoms with Crippen molar-refractivity contribution in [2.24, 2.45) is 11.8 Å². The van der Waals surface area contributed by atoms with E-state index in [1.54, 1.807) is 9.80 Å². The monoisotopic (exact) mass is 344 g/mol. The van der Waals surface area contributed by atoms with Gasteiger partial charge in [-0.3, -0.25) is 14.4 Å². The number of hydrogen-bond donors (Lipinski definition) is 1. The molecule has 2 amide bonds. The van der Waals surface area contributed by atoms with Gasteiger partial charge >= 0.3 is 5.97 Å². The number of rotatable bonds is 4. The Morgan fingerprint density at radius 1 is 1.16 bits per heavy atom. The first-order valence-electron chi connectivity index (χ1n) is 8.91. The average Bonchev–Trinajstić information content (AvgIpc) is 3.02. The van der Waals surface area contributed by atoms with Crippen molar-refractivity contribution in [3.63, 3.8) is 0 Å². The molecule has 1 aromatic rings. The lowest BCUT2D eigenvalue weighted by atomic mass is 9.95. The van der Waals surface area contributed by atoms with Gasteiger partial charge in [0.05, 0.1) is 11.8 Å². The summed E-state index contributed by atoms with van der Waals surface area (Å²) in [5.41, 5.74) is 2.00. The molecule has 0 unspecified atom stereocenters. The summed E-state index contributed by atoms with van der Waals surface area (Å²) in [6, 6.07) is 7.81. The first-order chi connectivity index (χ1) is 12.0. The topological polar surface area (TPSA) is 77.9 Å². The molecule has 2 fully saturated rings. The fraction of sp³-hybridized carbons (Fsp3) is 0.526. The van der Waals surface area contributed by atoms with Crippen LogP contribution in [-0.2, 0) is 20.8 Å². The zero-order chi connectivity index (χ0) is 18.0. The molecule has 3 rings (SSSR count). The highest BCUT2D eigenvalue weighted by atomic mass is 16.4. The number of benzene rings is 1. The summed E-state index contributed by atoms with van der Waals surface area (Å²) >= 11 is 0. The van der Waals surface area contributed by atoms with Crippen LogP contribution in [-0.4, -0.2) is 47.4 Å². The van der Waals surface area contributed by atoms with E-state index in [2.05, 4.69) is 6.92 Å². The minimum Gasteiger partial charge on any atom is -0.481 e. The Morgan fingerprint density at radius 2 is 1.84 bits per heavy atom. The molecular weight excluding hydrogens is 320 g/mol. The van der Waals surface area contributed by atoms with Crippen molar-refractivity contribution < 1.29 is 19.5 Å². The number of para-hydroxylation sites is 1. The van der Waals surface area contributed by atoms with E-state index in [9.17, 15) is 14.4 Å². The fourth-order valence-corrected chi connectivity index (χ4v) is 3.78. The van der Waals surface area contributed by atoms with Crippen LogP contribution in [0.25, 0.3) is 0 Å². The van der Waals surface area contributed by atoms with Crippen LogP contribution in [0.3, 0.4) is 0 Å². The Hall–Kier alpha value is -2.37. The van der Waals surface area contributed by atoms with Gasteiger partial charge in [0.1, 0.15) is 0 Å². The molecule has 2 saturated heterocycles. The SMILES string of the molecule is CCc1ccccc1N1C[C@@H](C(=O)N2CCC(C(=O)O)CC2)CC1=O. The van der Waals surface area contributed by atoms with Crippen LogP contribution < -0.4 is 4.90 Å². The number of hydrogen-bond acceptors (Lipinski definition) is 3. The minimum absolute atomic E-state index is 0.0142. The second-order valence-corrected chi connectivity index (χ2v) is 6.83. The molecule has 6 heteroatoms. The smallest absolute Gasteiger partial charge is 0.306 e. The van der Waals surface area contributed by atoms with Gasteiger partial charge in [-0.25, -0.2) is 0 Å². The summed E-state index contributed by atoms with van der Waals surface area (Å²) in [6.07, 6.45) is 2.05. The van der Waals surface area contributed by atoms with Gasteiger partial charge in [0.15, 0.2) is 0 Å². The number of aliphatic carboxylic acids is 1. The number of aryl methyl sites for hydroxylation is 1. The highest BCUT2D eigenvalue weighted by molar-refractivity contribution is 6.00. The quantitative estimate of drug-likeness (QED) is 0.905. The average molecular weight is 344 g/mol. The van der Waals surface area contributed by atoms with E-state index >= 15 is 0 Å². The molecule has 2 heterocycles. The van der Waals surface area contributed by atoms with Crippen molar-refractivity contribution >= 4 is 23.5 Å². The van der Waals surface area contributed by atoms with Gasteiger partial charge in [0.25, 0.3) is 0 Å². The Kier molecular flexibility index (Phi) is 5.06. The van der Waals surface area contributed by atoms with E-state index in [0.717, 1.165) is 17.7 Å². The molecule has 6 nitrogen and oxygen atoms in total. The number of nitrogens with zero attached hydrogens (tertiary/aromatic N) is 2. The predicted octanol–water partition coefficient (Wildman–Crippen LogP) is 1.93. The standard InChI is InChI=1S/C19H24N2O4/c1-2-13-5-3-4-6-16(13)21-12-15(11-17(21)22)18(23)20-9-7-14(8-10-20)19(24)25/h3-6,14-15H,2,7-12H2,1H3,(H,24,25)/t15-/m0/s1. The Morgan fingerprint density at radius 3 is 2.48 bits per heavy atom. The van der Waals surface area contributed by atoms with Crippen molar-refractivity contribution in [1.82, 2.24) is 4.90 Å². The molecular formula is C19H24N2O4. The van der Waals surface area contributed by atoms with Gasteiger partial charge in [-0.2, -0.15) is 0 Å². The van der Waals surface area contributed by atoms with Gasteiger partial charge in [0, 0.05) is 31.7 Å². The summed E-state index contributed by atoms with van der Waals surface area (Å²) < 4.78 is 0. The van der Waals surface area contributed by atoms with Gasteiger partial charge in [-0.05, 0) is 30.9 Å². The van der Waals surface area contributed by atoms with Gasteiger partial charge < -0.3 is 14.9 Å². The van der Waals surface area contributed by atoms with E-state index < -0.39 is 5.97 Å². The zero-order valence-electron chi connectivity index (χ0n) is 14.5. The molecule has 0 radical (unpaired) electrons. The molecule has 1 N–H and O–H groups in total. The van der Waals surface area contributed by atoms with Crippen LogP contribution in [0, 0.1) is 11.8 Å². The number of carbonyl (C=O) groups is 3. The summed E-state index contributed by atoms with van der Waals surface area (Å²) in [5.74, 6) is -1.51. The van der Waals surface area contributed by atoms with Gasteiger partial charge in [-0.1, -0.05) is 25.1 Å². The first-order valence-corrected chi connectivity index (χ1v) is 8.91. The van der Waals surface area contributed by atoms with Crippen LogP contribution in [0.5, 0.6) is 0 Å². The van der Waals surface area contributed by atoms with Crippen LogP contribution in [0.1, 0.15) is 31.7 Å². The highest BCUT2D eigenvalue weighted by Gasteiger charge is 2.39. The predicted molar refractivity (Wildman–Crippen MR) is 93.2 cm³/mol. The summed E-state index contributed by atoms with van der Waals surface area (Å²) in [5, 5.41) is 9.06. The van der Waals surface area contributed by atoms with Crippen LogP contribution >= 0.6 is 0 Å². The third-order valence-corrected chi connectivity index (χ3v) is 5.29. The molecule has 2 aliphatic heterocycles. The van der Waals surface area contributed by atoms with E-state index in [4.69, 9.17) is 5.11 Å². The largest absolute Gasteiger partial charge is 0.481 e. The second-order valence-electron chi connectivity index (χ2n) is 6.83. The normalized spacial score (nSPS) is 21.6. The maximum Gasteiger partial charge on any atom is 0.306 e. The number of likely N-dealkylation sites (tertiary alicyclic amines) is 1. The van der Waals surface area contributed by atoms with E-state index in [0.29, 0.717) is 32.5 Å². The maximum absolute atomic E-state index is 12.8. The Balaban J connectivity index is 1.66. The number of amides is 2. The highest BCUT2D eigenvalue weighted by Crippen LogP contribution is 2.30. The molecule has 2 aliphatic rings. The van der Waals surface area contributed by atoms with Crippen molar-refractivity contribution in [3.8, 4) is 0 Å². The third-order valence-electron chi connectivity index (χ3n) is 5.29. The summed E-state index contributed by atoms with van der Waals surface area (Å²) in [6.45, 7) is 3.39. The van der Waals surface area contributed by atoms with Crippen LogP contribution in [0.4, 0.5) is 5.69 Å². The lowest BCUT2D eigenvalue weighted by Crippen LogP contribution is -2.43. The lowest BCUT2D eigenvalue weighted by molar-refractivity contribution is -0.146. The van der Waals surface area contributed by atoms with E-state index in [1.165, 1.54) is 0 Å². The summed E-state index contributed by atoms with van der Waals surface area (Å²) in [7, 11) is 0. The lowest BCUT2D eigenvalue weighted by Gasteiger charge is -2.31. The molecule has 1 aromatic carbocycles. The Bertz CT molecular complexity index is 680. The van der Waals surface area contributed by atoms with Gasteiger partial charge in [0.2, 0.25) is 11.8 Å². The minimum atomic E-state index is -0.787. The number of carboxylic acid groups (broad SMARTS) is 1. The molecule has 134 valence electrons. The van der Waals surface area contributed by atoms with Crippen LogP contribution in [0.2, 0.25) is 0 Å². The Labute approximate surface area is 147 Å². The van der Waals surface area contributed by atoms with Crippen molar-refractivity contribution in [1.29, 1.82) is 0 Å². The first kappa shape index (κ1) is 17.5. The molecule has 0 spiro atoms. The fourth-order valence-electron chi connectivity index (χ4n) is 3.78. The number of carbonyl (C=O) groups excluding carboxylic acids is 2. The van der Waals surface area contributed by atoms with E-state index in [-0.39, 0.29) is 30.1 Å². The number of anilines is 1. The summed E-state index contributed by atoms with van der Waals surface area (Å²) in [4.78, 5) is 39.7. The van der Waals surface area contributed by atoms with Crippen molar-refractivity contribution in [2.75, 3.05) is 24.5 Å². The molecule has 0 aromatic heterocycles. The zero-order valence-corrected chi connectivity index (χ0v) is 14.5. The van der Waals surface area contributed by atoms with Crippen molar-refractivity contribution in [3.05, 3.63) is 29.8 Å². The second kappa shape index (κ2) is 7.25. The van der Waals surface area contributed by atoms with E-state index in [1.807, 2.05) is 24.3 Å². The van der Waals surface area contributed by atoms with Crippen molar-refractivity contribution in [2.45, 2.75) is 32.6 Å². The molecule has 25 heavy (non-hydrogen) atoms. The third kappa shape index (κ3) is 3.52. The number of piperidine rings is 1. The molecule has 0 saturated carbocycles. The molecule has 0 bridgehead atoms. The van der Waals surface area contributed by atoms with Gasteiger partial charge in [-0.15, -0.1) is 0 Å². The maximum atomic E-state index is 12.8. The molecule has 1 atom stereocenters. The molecule has 0 aliphatic carbocycles.